The van der Waals surface area contributed by atoms with Gasteiger partial charge in [-0.3, -0.25) is 10.1 Å². The van der Waals surface area contributed by atoms with Crippen molar-refractivity contribution in [3.63, 3.8) is 0 Å². The fraction of sp³-hybridized carbons (Fsp3) is 0.261. The molecule has 3 rings (SSSR count). The van der Waals surface area contributed by atoms with Gasteiger partial charge in [0.25, 0.3) is 0 Å². The normalized spacial score (nSPS) is 10.8. The second kappa shape index (κ2) is 10.9. The molecule has 2 aromatic carbocycles. The molecule has 172 valence electrons. The first kappa shape index (κ1) is 23.5. The summed E-state index contributed by atoms with van der Waals surface area (Å²) in [7, 11) is 1.57. The van der Waals surface area contributed by atoms with Gasteiger partial charge in [0.2, 0.25) is 11.8 Å². The number of anilines is 4. The van der Waals surface area contributed by atoms with Gasteiger partial charge < -0.3 is 15.0 Å². The van der Waals surface area contributed by atoms with E-state index in [0.717, 1.165) is 24.3 Å². The van der Waals surface area contributed by atoms with Crippen LogP contribution in [0.2, 0.25) is 0 Å². The van der Waals surface area contributed by atoms with E-state index in [-0.39, 0.29) is 23.1 Å². The predicted octanol–water partition coefficient (Wildman–Crippen LogP) is 4.74. The molecule has 0 spiro atoms. The van der Waals surface area contributed by atoms with E-state index in [9.17, 15) is 10.1 Å². The van der Waals surface area contributed by atoms with Gasteiger partial charge in [0.05, 0.1) is 18.2 Å². The van der Waals surface area contributed by atoms with Crippen LogP contribution in [0, 0.1) is 17.0 Å². The Kier molecular flexibility index (Phi) is 7.74. The number of nitro groups is 1. The standard InChI is InChI=1S/C23H27N7O3/c1-5-29(6-2)19-11-7-17(8-12-19)15-24-28-23-25-16(3)21(30(31)32)22(27-23)26-18-9-13-20(33-4)14-10-18/h7-15H,5-6H2,1-4H3,(H2,25,26,27,28)/b24-15-. The lowest BCUT2D eigenvalue weighted by atomic mass is 10.2. The Hall–Kier alpha value is -4.21. The Morgan fingerprint density at radius 3 is 2.33 bits per heavy atom. The maximum Gasteiger partial charge on any atom is 0.332 e. The third-order valence-corrected chi connectivity index (χ3v) is 4.99. The molecule has 1 heterocycles. The number of methoxy groups -OCH3 is 1. The zero-order valence-electron chi connectivity index (χ0n) is 19.1. The first-order valence-corrected chi connectivity index (χ1v) is 10.5. The summed E-state index contributed by atoms with van der Waals surface area (Å²) in [6, 6.07) is 15.0. The van der Waals surface area contributed by atoms with Gasteiger partial charge in [0.15, 0.2) is 0 Å². The minimum Gasteiger partial charge on any atom is -0.497 e. The van der Waals surface area contributed by atoms with Gasteiger partial charge in [-0.15, -0.1) is 0 Å². The molecule has 10 nitrogen and oxygen atoms in total. The third-order valence-electron chi connectivity index (χ3n) is 4.99. The van der Waals surface area contributed by atoms with E-state index in [0.29, 0.717) is 11.4 Å². The van der Waals surface area contributed by atoms with Crippen molar-refractivity contribution in [2.75, 3.05) is 35.8 Å². The molecule has 0 saturated heterocycles. The highest BCUT2D eigenvalue weighted by atomic mass is 16.6. The van der Waals surface area contributed by atoms with Crippen LogP contribution < -0.4 is 20.4 Å². The lowest BCUT2D eigenvalue weighted by molar-refractivity contribution is -0.385. The van der Waals surface area contributed by atoms with Gasteiger partial charge >= 0.3 is 5.69 Å². The van der Waals surface area contributed by atoms with Gasteiger partial charge in [0, 0.05) is 24.5 Å². The molecule has 1 aromatic heterocycles. The van der Waals surface area contributed by atoms with Crippen molar-refractivity contribution in [1.29, 1.82) is 0 Å². The molecule has 33 heavy (non-hydrogen) atoms. The first-order chi connectivity index (χ1) is 15.9. The van der Waals surface area contributed by atoms with Crippen molar-refractivity contribution in [2.45, 2.75) is 20.8 Å². The molecule has 2 N–H and O–H groups in total. The Morgan fingerprint density at radius 1 is 1.09 bits per heavy atom. The number of aryl methyl sites for hydroxylation is 1. The number of hydrazone groups is 1. The largest absolute Gasteiger partial charge is 0.497 e. The van der Waals surface area contributed by atoms with Crippen LogP contribution in [0.15, 0.2) is 53.6 Å². The van der Waals surface area contributed by atoms with Crippen molar-refractivity contribution in [3.05, 3.63) is 69.9 Å². The molecule has 0 fully saturated rings. The minimum absolute atomic E-state index is 0.0685. The lowest BCUT2D eigenvalue weighted by Crippen LogP contribution is -2.21. The van der Waals surface area contributed by atoms with Crippen molar-refractivity contribution in [2.24, 2.45) is 5.10 Å². The maximum absolute atomic E-state index is 11.6. The zero-order valence-corrected chi connectivity index (χ0v) is 19.1. The van der Waals surface area contributed by atoms with E-state index in [1.165, 1.54) is 0 Å². The number of ether oxygens (including phenoxy) is 1. The van der Waals surface area contributed by atoms with Crippen molar-refractivity contribution >= 4 is 35.0 Å². The highest BCUT2D eigenvalue weighted by Gasteiger charge is 2.22. The molecular weight excluding hydrogens is 422 g/mol. The van der Waals surface area contributed by atoms with Crippen LogP contribution in [0.5, 0.6) is 5.75 Å². The van der Waals surface area contributed by atoms with Crippen LogP contribution in [0.3, 0.4) is 0 Å². The van der Waals surface area contributed by atoms with Gasteiger partial charge in [-0.05, 0) is 62.7 Å². The van der Waals surface area contributed by atoms with E-state index < -0.39 is 4.92 Å². The number of hydrogen-bond acceptors (Lipinski definition) is 9. The van der Waals surface area contributed by atoms with Gasteiger partial charge in [0.1, 0.15) is 11.4 Å². The molecule has 0 unspecified atom stereocenters. The second-order valence-electron chi connectivity index (χ2n) is 7.07. The Bertz CT molecular complexity index is 1110. The average molecular weight is 450 g/mol. The molecule has 0 amide bonds. The molecule has 10 heteroatoms. The number of rotatable bonds is 10. The lowest BCUT2D eigenvalue weighted by Gasteiger charge is -2.20. The Morgan fingerprint density at radius 2 is 1.76 bits per heavy atom. The summed E-state index contributed by atoms with van der Waals surface area (Å²) in [6.45, 7) is 7.67. The first-order valence-electron chi connectivity index (χ1n) is 10.5. The number of aromatic nitrogens is 2. The number of nitrogens with zero attached hydrogens (tertiary/aromatic N) is 5. The molecule has 0 radical (unpaired) electrons. The average Bonchev–Trinajstić information content (AvgIpc) is 2.81. The summed E-state index contributed by atoms with van der Waals surface area (Å²) in [4.78, 5) is 21.7. The summed E-state index contributed by atoms with van der Waals surface area (Å²) in [6.07, 6.45) is 1.64. The highest BCUT2D eigenvalue weighted by Crippen LogP contribution is 2.30. The number of nitrogens with one attached hydrogen (secondary N) is 2. The molecular formula is C23H27N7O3. The van der Waals surface area contributed by atoms with Gasteiger partial charge in [-0.1, -0.05) is 12.1 Å². The summed E-state index contributed by atoms with van der Waals surface area (Å²) in [5.74, 6) is 0.889. The third kappa shape index (κ3) is 5.94. The SMILES string of the molecule is CCN(CC)c1ccc(/C=N\Nc2nc(C)c([N+](=O)[O-])c(Nc3ccc(OC)cc3)n2)cc1. The summed E-state index contributed by atoms with van der Waals surface area (Å²) in [5.41, 5.74) is 5.44. The smallest absolute Gasteiger partial charge is 0.332 e. The molecule has 0 aliphatic rings. The molecule has 0 bridgehead atoms. The van der Waals surface area contributed by atoms with E-state index >= 15 is 0 Å². The molecule has 0 atom stereocenters. The number of benzene rings is 2. The highest BCUT2D eigenvalue weighted by molar-refractivity contribution is 5.81. The topological polar surface area (TPSA) is 118 Å². The van der Waals surface area contributed by atoms with Crippen molar-refractivity contribution < 1.29 is 9.66 Å². The quantitative estimate of drug-likeness (QED) is 0.259. The second-order valence-corrected chi connectivity index (χ2v) is 7.07. The van der Waals surface area contributed by atoms with E-state index in [2.05, 4.69) is 44.6 Å². The molecule has 0 aliphatic heterocycles. The minimum atomic E-state index is -0.508. The molecule has 3 aromatic rings. The fourth-order valence-electron chi connectivity index (χ4n) is 3.26. The summed E-state index contributed by atoms with van der Waals surface area (Å²) in [5, 5.41) is 18.7. The molecule has 0 saturated carbocycles. The van der Waals surface area contributed by atoms with Crippen LogP contribution in [0.1, 0.15) is 25.1 Å². The van der Waals surface area contributed by atoms with Gasteiger partial charge in [-0.25, -0.2) is 10.4 Å². The predicted molar refractivity (Wildman–Crippen MR) is 131 cm³/mol. The van der Waals surface area contributed by atoms with Crippen LogP contribution >= 0.6 is 0 Å². The van der Waals surface area contributed by atoms with Gasteiger partial charge in [-0.2, -0.15) is 10.1 Å². The number of hydrogen-bond donors (Lipinski definition) is 2. The zero-order chi connectivity index (χ0) is 23.8. The van der Waals surface area contributed by atoms with Crippen LogP contribution in [-0.4, -0.2) is 41.3 Å². The van der Waals surface area contributed by atoms with Crippen molar-refractivity contribution in [3.8, 4) is 5.75 Å². The summed E-state index contributed by atoms with van der Waals surface area (Å²) < 4.78 is 5.14. The Balaban J connectivity index is 1.78. The monoisotopic (exact) mass is 449 g/mol. The summed E-state index contributed by atoms with van der Waals surface area (Å²) >= 11 is 0. The molecule has 0 aliphatic carbocycles. The van der Waals surface area contributed by atoms with Crippen molar-refractivity contribution in [1.82, 2.24) is 9.97 Å². The Labute approximate surface area is 192 Å². The van der Waals surface area contributed by atoms with E-state index in [4.69, 9.17) is 4.74 Å². The van der Waals surface area contributed by atoms with E-state index in [1.54, 1.807) is 44.5 Å². The maximum atomic E-state index is 11.6. The van der Waals surface area contributed by atoms with Crippen LogP contribution in [-0.2, 0) is 0 Å². The van der Waals surface area contributed by atoms with Crippen LogP contribution in [0.25, 0.3) is 0 Å². The van der Waals surface area contributed by atoms with E-state index in [1.807, 2.05) is 24.3 Å². The fourth-order valence-corrected chi connectivity index (χ4v) is 3.26. The van der Waals surface area contributed by atoms with Crippen LogP contribution in [0.4, 0.5) is 28.8 Å².